The monoisotopic (exact) mass is 290 g/mol. The van der Waals surface area contributed by atoms with Crippen LogP contribution in [0.5, 0.6) is 5.75 Å². The van der Waals surface area contributed by atoms with Gasteiger partial charge in [-0.3, -0.25) is 0 Å². The zero-order chi connectivity index (χ0) is 14.9. The Hall–Kier alpha value is -1.61. The first-order valence-corrected chi connectivity index (χ1v) is 7.04. The van der Waals surface area contributed by atoms with Gasteiger partial charge >= 0.3 is 0 Å². The molecule has 0 aliphatic rings. The fourth-order valence-corrected chi connectivity index (χ4v) is 2.51. The first-order valence-electron chi connectivity index (χ1n) is 6.66. The predicted octanol–water partition coefficient (Wildman–Crippen LogP) is 4.29. The van der Waals surface area contributed by atoms with Gasteiger partial charge in [-0.05, 0) is 38.0 Å². The highest BCUT2D eigenvalue weighted by atomic mass is 35.5. The maximum absolute atomic E-state index is 6.23. The van der Waals surface area contributed by atoms with Gasteiger partial charge in [0.05, 0.1) is 12.8 Å². The molecule has 0 radical (unpaired) electrons. The molecule has 20 heavy (non-hydrogen) atoms. The van der Waals surface area contributed by atoms with Crippen LogP contribution < -0.4 is 4.74 Å². The Kier molecular flexibility index (Phi) is 4.29. The van der Waals surface area contributed by atoms with Gasteiger partial charge in [-0.1, -0.05) is 24.6 Å². The largest absolute Gasteiger partial charge is 0.496 e. The van der Waals surface area contributed by atoms with E-state index in [2.05, 4.69) is 29.9 Å². The van der Waals surface area contributed by atoms with Crippen LogP contribution in [0.4, 0.5) is 0 Å². The lowest BCUT2D eigenvalue weighted by molar-refractivity contribution is 0.415. The van der Waals surface area contributed by atoms with Crippen LogP contribution in [0.2, 0.25) is 5.15 Å². The van der Waals surface area contributed by atoms with Crippen molar-refractivity contribution in [2.75, 3.05) is 7.11 Å². The van der Waals surface area contributed by atoms with Crippen molar-refractivity contribution in [3.8, 4) is 17.0 Å². The van der Waals surface area contributed by atoms with Crippen molar-refractivity contribution in [1.82, 2.24) is 9.97 Å². The summed E-state index contributed by atoms with van der Waals surface area (Å²) in [5.41, 5.74) is 5.03. The fraction of sp³-hybridized carbons (Fsp3) is 0.375. The number of hydrogen-bond donors (Lipinski definition) is 0. The van der Waals surface area contributed by atoms with E-state index in [9.17, 15) is 0 Å². The number of halogens is 1. The van der Waals surface area contributed by atoms with Crippen molar-refractivity contribution in [3.05, 3.63) is 39.8 Å². The summed E-state index contributed by atoms with van der Waals surface area (Å²) < 4.78 is 5.53. The average Bonchev–Trinajstić information content (AvgIpc) is 2.41. The topological polar surface area (TPSA) is 35.0 Å². The lowest BCUT2D eigenvalue weighted by Gasteiger charge is -2.15. The molecule has 1 aromatic carbocycles. The van der Waals surface area contributed by atoms with Crippen LogP contribution in [0.25, 0.3) is 11.3 Å². The van der Waals surface area contributed by atoms with Gasteiger partial charge in [0.15, 0.2) is 0 Å². The summed E-state index contributed by atoms with van der Waals surface area (Å²) in [4.78, 5) is 8.94. The highest BCUT2D eigenvalue weighted by Crippen LogP contribution is 2.36. The summed E-state index contributed by atoms with van der Waals surface area (Å²) in [6.07, 6.45) is 0.750. The number of ether oxygens (including phenoxy) is 1. The van der Waals surface area contributed by atoms with E-state index in [4.69, 9.17) is 16.3 Å². The molecule has 2 aromatic rings. The van der Waals surface area contributed by atoms with Crippen molar-refractivity contribution in [3.63, 3.8) is 0 Å². The molecule has 106 valence electrons. The molecular formula is C16H19ClN2O. The quantitative estimate of drug-likeness (QED) is 0.791. The summed E-state index contributed by atoms with van der Waals surface area (Å²) in [6, 6.07) is 4.14. The van der Waals surface area contributed by atoms with E-state index < -0.39 is 0 Å². The Balaban J connectivity index is 2.77. The Morgan fingerprint density at radius 2 is 1.85 bits per heavy atom. The molecule has 0 aliphatic carbocycles. The summed E-state index contributed by atoms with van der Waals surface area (Å²) in [7, 11) is 1.68. The van der Waals surface area contributed by atoms with Gasteiger partial charge in [-0.2, -0.15) is 0 Å². The first kappa shape index (κ1) is 14.8. The molecule has 0 atom stereocenters. The standard InChI is InChI=1S/C16H19ClN2O/c1-6-13-18-15(11(4)16(17)19-13)14-10(3)7-9(2)8-12(14)20-5/h7-8H,6H2,1-5H3. The molecule has 0 amide bonds. The zero-order valence-corrected chi connectivity index (χ0v) is 13.3. The number of benzene rings is 1. The third-order valence-electron chi connectivity index (χ3n) is 3.35. The lowest BCUT2D eigenvalue weighted by Crippen LogP contribution is -2.02. The first-order chi connectivity index (χ1) is 9.47. The van der Waals surface area contributed by atoms with E-state index in [-0.39, 0.29) is 0 Å². The van der Waals surface area contributed by atoms with Gasteiger partial charge in [0, 0.05) is 17.5 Å². The van der Waals surface area contributed by atoms with E-state index in [1.54, 1.807) is 7.11 Å². The average molecular weight is 291 g/mol. The highest BCUT2D eigenvalue weighted by molar-refractivity contribution is 6.30. The maximum atomic E-state index is 6.23. The smallest absolute Gasteiger partial charge is 0.136 e. The molecule has 1 aromatic heterocycles. The number of aromatic nitrogens is 2. The Morgan fingerprint density at radius 1 is 1.15 bits per heavy atom. The fourth-order valence-electron chi connectivity index (χ4n) is 2.33. The molecule has 3 nitrogen and oxygen atoms in total. The molecule has 4 heteroatoms. The van der Waals surface area contributed by atoms with Crippen molar-refractivity contribution in [2.45, 2.75) is 34.1 Å². The normalized spacial score (nSPS) is 10.7. The molecule has 2 rings (SSSR count). The van der Waals surface area contributed by atoms with Crippen molar-refractivity contribution in [2.24, 2.45) is 0 Å². The summed E-state index contributed by atoms with van der Waals surface area (Å²) in [6.45, 7) is 8.07. The molecule has 1 heterocycles. The van der Waals surface area contributed by atoms with Crippen LogP contribution in [0.3, 0.4) is 0 Å². The molecule has 0 saturated carbocycles. The number of nitrogens with zero attached hydrogens (tertiary/aromatic N) is 2. The van der Waals surface area contributed by atoms with Crippen LogP contribution >= 0.6 is 11.6 Å². The van der Waals surface area contributed by atoms with E-state index in [1.165, 1.54) is 0 Å². The second kappa shape index (κ2) is 5.80. The minimum absolute atomic E-state index is 0.508. The van der Waals surface area contributed by atoms with Gasteiger partial charge in [0.1, 0.15) is 16.7 Å². The van der Waals surface area contributed by atoms with E-state index in [0.717, 1.165) is 45.9 Å². The van der Waals surface area contributed by atoms with Gasteiger partial charge in [0.2, 0.25) is 0 Å². The number of methoxy groups -OCH3 is 1. The lowest BCUT2D eigenvalue weighted by atomic mass is 9.99. The maximum Gasteiger partial charge on any atom is 0.136 e. The number of aryl methyl sites for hydroxylation is 3. The third-order valence-corrected chi connectivity index (χ3v) is 3.72. The minimum atomic E-state index is 0.508. The molecule has 0 unspecified atom stereocenters. The second-order valence-electron chi connectivity index (χ2n) is 4.92. The Labute approximate surface area is 125 Å². The molecular weight excluding hydrogens is 272 g/mol. The second-order valence-corrected chi connectivity index (χ2v) is 5.27. The molecule has 0 N–H and O–H groups in total. The van der Waals surface area contributed by atoms with Gasteiger partial charge < -0.3 is 4.74 Å². The minimum Gasteiger partial charge on any atom is -0.496 e. The van der Waals surface area contributed by atoms with Gasteiger partial charge in [-0.15, -0.1) is 0 Å². The zero-order valence-electron chi connectivity index (χ0n) is 12.5. The van der Waals surface area contributed by atoms with Crippen molar-refractivity contribution in [1.29, 1.82) is 0 Å². The molecule has 0 fully saturated rings. The van der Waals surface area contributed by atoms with Crippen molar-refractivity contribution >= 4 is 11.6 Å². The van der Waals surface area contributed by atoms with Gasteiger partial charge in [0.25, 0.3) is 0 Å². The summed E-state index contributed by atoms with van der Waals surface area (Å²) >= 11 is 6.23. The molecule has 0 aliphatic heterocycles. The van der Waals surface area contributed by atoms with Crippen LogP contribution in [0, 0.1) is 20.8 Å². The Morgan fingerprint density at radius 3 is 2.45 bits per heavy atom. The predicted molar refractivity (Wildman–Crippen MR) is 82.6 cm³/mol. The van der Waals surface area contributed by atoms with Gasteiger partial charge in [-0.25, -0.2) is 9.97 Å². The van der Waals surface area contributed by atoms with Crippen LogP contribution in [-0.4, -0.2) is 17.1 Å². The summed E-state index contributed by atoms with van der Waals surface area (Å²) in [5, 5.41) is 0.508. The number of hydrogen-bond acceptors (Lipinski definition) is 3. The third kappa shape index (κ3) is 2.63. The van der Waals surface area contributed by atoms with E-state index in [1.807, 2.05) is 19.9 Å². The summed E-state index contributed by atoms with van der Waals surface area (Å²) in [5.74, 6) is 1.57. The SMILES string of the molecule is CCc1nc(Cl)c(C)c(-c2c(C)cc(C)cc2OC)n1. The molecule has 0 saturated heterocycles. The molecule has 0 spiro atoms. The van der Waals surface area contributed by atoms with E-state index >= 15 is 0 Å². The Bertz CT molecular complexity index is 653. The van der Waals surface area contributed by atoms with Crippen molar-refractivity contribution < 1.29 is 4.74 Å². The highest BCUT2D eigenvalue weighted by Gasteiger charge is 2.17. The number of rotatable bonds is 3. The van der Waals surface area contributed by atoms with E-state index in [0.29, 0.717) is 5.15 Å². The van der Waals surface area contributed by atoms with Crippen LogP contribution in [-0.2, 0) is 6.42 Å². The molecule has 0 bridgehead atoms. The van der Waals surface area contributed by atoms with Crippen LogP contribution in [0.1, 0.15) is 29.4 Å². The van der Waals surface area contributed by atoms with Crippen LogP contribution in [0.15, 0.2) is 12.1 Å².